The fraction of sp³-hybridized carbons (Fsp3) is 0.333. The molecule has 1 aromatic heterocycles. The van der Waals surface area contributed by atoms with Gasteiger partial charge in [0, 0.05) is 30.6 Å². The molecule has 0 saturated carbocycles. The second-order valence-electron chi connectivity index (χ2n) is 7.79. The van der Waals surface area contributed by atoms with Crippen molar-refractivity contribution in [2.75, 3.05) is 32.8 Å². The molecule has 1 unspecified atom stereocenters. The lowest BCUT2D eigenvalue weighted by atomic mass is 10.0. The van der Waals surface area contributed by atoms with Gasteiger partial charge in [-0.05, 0) is 35.9 Å². The summed E-state index contributed by atoms with van der Waals surface area (Å²) in [5.41, 5.74) is 2.98. The molecule has 4 rings (SSSR count). The summed E-state index contributed by atoms with van der Waals surface area (Å²) in [5, 5.41) is 4.82. The first-order chi connectivity index (χ1) is 16.4. The smallest absolute Gasteiger partial charge is 0.416 e. The van der Waals surface area contributed by atoms with Gasteiger partial charge in [0.05, 0.1) is 36.0 Å². The molecule has 2 heterocycles. The fourth-order valence-corrected chi connectivity index (χ4v) is 4.27. The zero-order chi connectivity index (χ0) is 24.0. The minimum absolute atomic E-state index is 0.244. The minimum Gasteiger partial charge on any atom is -0.487 e. The Morgan fingerprint density at radius 2 is 1.94 bits per heavy atom. The van der Waals surface area contributed by atoms with Gasteiger partial charge >= 0.3 is 6.18 Å². The number of morpholine rings is 1. The van der Waals surface area contributed by atoms with Crippen LogP contribution in [0.15, 0.2) is 59.4 Å². The Hall–Kier alpha value is -2.95. The molecule has 180 valence electrons. The van der Waals surface area contributed by atoms with Crippen LogP contribution in [0.5, 0.6) is 5.75 Å². The zero-order valence-electron chi connectivity index (χ0n) is 18.3. The van der Waals surface area contributed by atoms with E-state index in [0.717, 1.165) is 17.8 Å². The maximum Gasteiger partial charge on any atom is 0.416 e. The zero-order valence-corrected chi connectivity index (χ0v) is 19.1. The molecule has 1 amide bonds. The first kappa shape index (κ1) is 24.2. The van der Waals surface area contributed by atoms with Gasteiger partial charge in [0.1, 0.15) is 12.4 Å². The van der Waals surface area contributed by atoms with Crippen molar-refractivity contribution >= 4 is 17.2 Å². The number of alkyl halides is 3. The summed E-state index contributed by atoms with van der Waals surface area (Å²) in [7, 11) is 0. The molecular formula is C24H24F3N3O3S. The van der Waals surface area contributed by atoms with Crippen LogP contribution in [0.1, 0.15) is 33.2 Å². The molecule has 3 aromatic rings. The van der Waals surface area contributed by atoms with E-state index in [9.17, 15) is 18.0 Å². The van der Waals surface area contributed by atoms with Crippen molar-refractivity contribution in [2.45, 2.75) is 18.8 Å². The molecule has 1 aliphatic rings. The van der Waals surface area contributed by atoms with Gasteiger partial charge in [-0.25, -0.2) is 4.98 Å². The topological polar surface area (TPSA) is 63.7 Å². The summed E-state index contributed by atoms with van der Waals surface area (Å²) in [5.74, 6) is 0.261. The summed E-state index contributed by atoms with van der Waals surface area (Å²) in [6.45, 7) is 2.87. The molecule has 34 heavy (non-hydrogen) atoms. The van der Waals surface area contributed by atoms with Crippen molar-refractivity contribution in [2.24, 2.45) is 0 Å². The third-order valence-electron chi connectivity index (χ3n) is 5.53. The van der Waals surface area contributed by atoms with Crippen LogP contribution in [0.25, 0.3) is 0 Å². The van der Waals surface area contributed by atoms with Crippen molar-refractivity contribution < 1.29 is 27.4 Å². The van der Waals surface area contributed by atoms with E-state index < -0.39 is 11.7 Å². The third-order valence-corrected chi connectivity index (χ3v) is 6.17. The Bertz CT molecular complexity index is 1070. The Labute approximate surface area is 199 Å². The Morgan fingerprint density at radius 1 is 1.18 bits per heavy atom. The highest BCUT2D eigenvalue weighted by Gasteiger charge is 2.31. The summed E-state index contributed by atoms with van der Waals surface area (Å²) in [6.07, 6.45) is -4.40. The van der Waals surface area contributed by atoms with Crippen LogP contribution in [0.2, 0.25) is 0 Å². The number of benzene rings is 2. The standard InChI is InChI=1S/C24H24F3N3O3S/c25-24(26,27)19-6-4-17(5-7-19)22(30-8-10-32-11-9-30)13-28-23(31)18-2-1-3-21(12-18)33-14-20-15-34-16-29-20/h1-7,12,15-16,22H,8-11,13-14H2,(H,28,31). The number of aromatic nitrogens is 1. The summed E-state index contributed by atoms with van der Waals surface area (Å²) in [6, 6.07) is 11.7. The maximum absolute atomic E-state index is 13.0. The normalized spacial score (nSPS) is 15.6. The number of hydrogen-bond donors (Lipinski definition) is 1. The molecule has 0 aliphatic carbocycles. The molecule has 0 radical (unpaired) electrons. The number of nitrogens with one attached hydrogen (secondary N) is 1. The Balaban J connectivity index is 1.43. The number of nitrogens with zero attached hydrogens (tertiary/aromatic N) is 2. The SMILES string of the molecule is O=C(NCC(c1ccc(C(F)(F)F)cc1)N1CCOCC1)c1cccc(OCc2cscn2)c1. The van der Waals surface area contributed by atoms with Crippen LogP contribution >= 0.6 is 11.3 Å². The number of amides is 1. The van der Waals surface area contributed by atoms with E-state index in [1.165, 1.54) is 23.5 Å². The molecule has 0 bridgehead atoms. The van der Waals surface area contributed by atoms with E-state index in [4.69, 9.17) is 9.47 Å². The molecular weight excluding hydrogens is 467 g/mol. The van der Waals surface area contributed by atoms with Crippen LogP contribution in [0.4, 0.5) is 13.2 Å². The predicted molar refractivity (Wildman–Crippen MR) is 122 cm³/mol. The summed E-state index contributed by atoms with van der Waals surface area (Å²) < 4.78 is 50.1. The quantitative estimate of drug-likeness (QED) is 0.501. The first-order valence-corrected chi connectivity index (χ1v) is 11.7. The van der Waals surface area contributed by atoms with Crippen LogP contribution in [-0.4, -0.2) is 48.6 Å². The van der Waals surface area contributed by atoms with Crippen LogP contribution in [-0.2, 0) is 17.5 Å². The lowest BCUT2D eigenvalue weighted by Crippen LogP contribution is -2.43. The van der Waals surface area contributed by atoms with Gasteiger partial charge in [0.25, 0.3) is 5.91 Å². The van der Waals surface area contributed by atoms with Crippen molar-refractivity contribution in [1.82, 2.24) is 15.2 Å². The van der Waals surface area contributed by atoms with Gasteiger partial charge in [-0.1, -0.05) is 18.2 Å². The second-order valence-corrected chi connectivity index (χ2v) is 8.51. The molecule has 1 fully saturated rings. The number of carbonyl (C=O) groups excluding carboxylic acids is 1. The molecule has 10 heteroatoms. The number of ether oxygens (including phenoxy) is 2. The highest BCUT2D eigenvalue weighted by atomic mass is 32.1. The molecule has 2 aromatic carbocycles. The van der Waals surface area contributed by atoms with E-state index in [2.05, 4.69) is 15.2 Å². The van der Waals surface area contributed by atoms with Crippen molar-refractivity contribution in [3.63, 3.8) is 0 Å². The van der Waals surface area contributed by atoms with Gasteiger partial charge in [-0.2, -0.15) is 13.2 Å². The number of halogens is 3. The van der Waals surface area contributed by atoms with Crippen molar-refractivity contribution in [3.05, 3.63) is 81.8 Å². The minimum atomic E-state index is -4.40. The van der Waals surface area contributed by atoms with Gasteiger partial charge in [0.2, 0.25) is 0 Å². The number of thiazole rings is 1. The Kier molecular flexibility index (Phi) is 7.81. The largest absolute Gasteiger partial charge is 0.487 e. The summed E-state index contributed by atoms with van der Waals surface area (Å²) >= 11 is 1.48. The van der Waals surface area contributed by atoms with Crippen LogP contribution < -0.4 is 10.1 Å². The van der Waals surface area contributed by atoms with E-state index in [1.54, 1.807) is 29.8 Å². The lowest BCUT2D eigenvalue weighted by molar-refractivity contribution is -0.137. The van der Waals surface area contributed by atoms with Crippen LogP contribution in [0.3, 0.4) is 0 Å². The monoisotopic (exact) mass is 491 g/mol. The van der Waals surface area contributed by atoms with Gasteiger partial charge in [-0.15, -0.1) is 11.3 Å². The maximum atomic E-state index is 13.0. The molecule has 6 nitrogen and oxygen atoms in total. The molecule has 0 spiro atoms. The van der Waals surface area contributed by atoms with E-state index in [0.29, 0.717) is 49.8 Å². The number of hydrogen-bond acceptors (Lipinski definition) is 6. The number of rotatable bonds is 8. The first-order valence-electron chi connectivity index (χ1n) is 10.8. The van der Waals surface area contributed by atoms with Crippen molar-refractivity contribution in [1.29, 1.82) is 0 Å². The van der Waals surface area contributed by atoms with Gasteiger partial charge in [-0.3, -0.25) is 9.69 Å². The molecule has 1 saturated heterocycles. The van der Waals surface area contributed by atoms with Gasteiger partial charge < -0.3 is 14.8 Å². The molecule has 1 atom stereocenters. The lowest BCUT2D eigenvalue weighted by Gasteiger charge is -2.35. The fourth-order valence-electron chi connectivity index (χ4n) is 3.73. The third kappa shape index (κ3) is 6.34. The van der Waals surface area contributed by atoms with E-state index in [-0.39, 0.29) is 18.5 Å². The van der Waals surface area contributed by atoms with Crippen LogP contribution in [0, 0.1) is 0 Å². The average Bonchev–Trinajstić information content (AvgIpc) is 3.37. The predicted octanol–water partition coefficient (Wildman–Crippen LogP) is 4.54. The Morgan fingerprint density at radius 3 is 2.62 bits per heavy atom. The summed E-state index contributed by atoms with van der Waals surface area (Å²) in [4.78, 5) is 19.1. The molecule has 1 aliphatic heterocycles. The van der Waals surface area contributed by atoms with Gasteiger partial charge in [0.15, 0.2) is 0 Å². The highest BCUT2D eigenvalue weighted by Crippen LogP contribution is 2.31. The highest BCUT2D eigenvalue weighted by molar-refractivity contribution is 7.07. The second kappa shape index (κ2) is 11.0. The molecule has 1 N–H and O–H groups in total. The number of carbonyl (C=O) groups is 1. The van der Waals surface area contributed by atoms with Crippen molar-refractivity contribution in [3.8, 4) is 5.75 Å². The van der Waals surface area contributed by atoms with E-state index >= 15 is 0 Å². The average molecular weight is 492 g/mol. The van der Waals surface area contributed by atoms with E-state index in [1.807, 2.05) is 5.38 Å².